The molecule has 3 aromatic carbocycles. The predicted octanol–water partition coefficient (Wildman–Crippen LogP) is 8.16. The number of anilines is 1. The van der Waals surface area contributed by atoms with Crippen molar-refractivity contribution in [1.29, 1.82) is 0 Å². The van der Waals surface area contributed by atoms with Gasteiger partial charge >= 0.3 is 0 Å². The number of fused-ring (bicyclic) bond motifs is 3. The van der Waals surface area contributed by atoms with Crippen molar-refractivity contribution in [2.24, 2.45) is 5.92 Å². The summed E-state index contributed by atoms with van der Waals surface area (Å²) in [5.74, 6) is -0.500. The van der Waals surface area contributed by atoms with Crippen molar-refractivity contribution in [3.05, 3.63) is 102 Å². The second-order valence-corrected chi connectivity index (χ2v) is 11.6. The highest BCUT2D eigenvalue weighted by Crippen LogP contribution is 2.60. The number of hydrogen-bond acceptors (Lipinski definition) is 6. The second kappa shape index (κ2) is 9.74. The van der Waals surface area contributed by atoms with Crippen molar-refractivity contribution in [2.75, 3.05) is 5.32 Å². The molecule has 0 unspecified atom stereocenters. The monoisotopic (exact) mass is 563 g/mol. The molecule has 0 spiro atoms. The van der Waals surface area contributed by atoms with Gasteiger partial charge in [-0.1, -0.05) is 47.5 Å². The summed E-state index contributed by atoms with van der Waals surface area (Å²) in [4.78, 5) is 23.4. The van der Waals surface area contributed by atoms with Crippen LogP contribution in [0.1, 0.15) is 35.1 Å². The molecule has 1 heterocycles. The van der Waals surface area contributed by atoms with Crippen molar-refractivity contribution in [3.63, 3.8) is 0 Å². The van der Waals surface area contributed by atoms with E-state index < -0.39 is 10.3 Å². The van der Waals surface area contributed by atoms with Gasteiger partial charge in [-0.3, -0.25) is 20.2 Å². The Morgan fingerprint density at radius 3 is 2.42 bits per heavy atom. The highest BCUT2D eigenvalue weighted by atomic mass is 35.5. The van der Waals surface area contributed by atoms with Gasteiger partial charge in [0.15, 0.2) is 0 Å². The van der Waals surface area contributed by atoms with E-state index in [4.69, 9.17) is 34.8 Å². The molecule has 3 aromatic rings. The van der Waals surface area contributed by atoms with Crippen molar-refractivity contribution in [3.8, 4) is 0 Å². The standard InChI is InChI=1S/C25H20Cl3N3O4S/c1-12-6-9-18(31(34)35)22-21-15(25(29-24(12)22)14-8-7-13(26)10-16(14)27)11-20(23(21)28)36-19-5-3-2-4-17(19)30(32)33/h2-10,15,20-21,23,25,29H,11H2,1H3/t15-,20+,21-,23-,25-/m1/s1. The lowest BCUT2D eigenvalue weighted by molar-refractivity contribution is -0.387. The van der Waals surface area contributed by atoms with E-state index in [1.54, 1.807) is 36.4 Å². The van der Waals surface area contributed by atoms with Gasteiger partial charge < -0.3 is 5.32 Å². The quantitative estimate of drug-likeness (QED) is 0.191. The van der Waals surface area contributed by atoms with Crippen LogP contribution >= 0.6 is 46.6 Å². The number of hydrogen-bond donors (Lipinski definition) is 1. The zero-order valence-corrected chi connectivity index (χ0v) is 21.9. The topological polar surface area (TPSA) is 98.3 Å². The Labute approximate surface area is 226 Å². The molecule has 0 amide bonds. The molecule has 36 heavy (non-hydrogen) atoms. The molecule has 186 valence electrons. The average Bonchev–Trinajstić information content (AvgIpc) is 3.15. The SMILES string of the molecule is Cc1ccc([N+](=O)[O-])c2c1N[C@H](c1ccc(Cl)cc1Cl)[C@@H]1C[C@H](Sc3ccccc3[N+](=O)[O-])[C@@H](Cl)[C@@H]21. The molecule has 0 aromatic heterocycles. The summed E-state index contributed by atoms with van der Waals surface area (Å²) in [5, 5.41) is 27.4. The fourth-order valence-corrected chi connectivity index (χ4v) is 7.90. The largest absolute Gasteiger partial charge is 0.377 e. The first-order valence-electron chi connectivity index (χ1n) is 11.2. The van der Waals surface area contributed by atoms with E-state index in [1.807, 2.05) is 13.0 Å². The molecular formula is C25H20Cl3N3O4S. The lowest BCUT2D eigenvalue weighted by Crippen LogP contribution is -2.32. The third kappa shape index (κ3) is 4.30. The normalized spacial score (nSPS) is 24.5. The number of halogens is 3. The van der Waals surface area contributed by atoms with Crippen LogP contribution in [0.15, 0.2) is 59.5 Å². The van der Waals surface area contributed by atoms with Crippen LogP contribution in [0.25, 0.3) is 0 Å². The highest BCUT2D eigenvalue weighted by molar-refractivity contribution is 8.00. The van der Waals surface area contributed by atoms with Gasteiger partial charge in [-0.15, -0.1) is 23.4 Å². The predicted molar refractivity (Wildman–Crippen MR) is 144 cm³/mol. The molecule has 1 saturated carbocycles. The molecule has 0 bridgehead atoms. The minimum absolute atomic E-state index is 0.0129. The van der Waals surface area contributed by atoms with Crippen molar-refractivity contribution >= 4 is 63.6 Å². The molecule has 2 aliphatic rings. The lowest BCUT2D eigenvalue weighted by atomic mass is 9.76. The maximum Gasteiger partial charge on any atom is 0.282 e. The number of nitro benzene ring substituents is 2. The Hall–Kier alpha value is -2.52. The second-order valence-electron chi connectivity index (χ2n) is 8.99. The Bertz CT molecular complexity index is 1390. The Morgan fingerprint density at radius 2 is 1.72 bits per heavy atom. The highest BCUT2D eigenvalue weighted by Gasteiger charge is 2.53. The molecule has 1 N–H and O–H groups in total. The fraction of sp³-hybridized carbons (Fsp3) is 0.280. The van der Waals surface area contributed by atoms with E-state index in [0.29, 0.717) is 32.6 Å². The number of nitrogens with zero attached hydrogens (tertiary/aromatic N) is 2. The van der Waals surface area contributed by atoms with Gasteiger partial charge in [-0.05, 0) is 48.6 Å². The minimum atomic E-state index is -0.505. The van der Waals surface area contributed by atoms with Crippen LogP contribution in [-0.4, -0.2) is 20.5 Å². The average molecular weight is 565 g/mol. The van der Waals surface area contributed by atoms with E-state index in [1.165, 1.54) is 23.9 Å². The van der Waals surface area contributed by atoms with E-state index in [2.05, 4.69) is 5.32 Å². The molecule has 1 aliphatic heterocycles. The van der Waals surface area contributed by atoms with Gasteiger partial charge in [0.05, 0.1) is 31.7 Å². The maximum absolute atomic E-state index is 12.0. The number of para-hydroxylation sites is 1. The fourth-order valence-electron chi connectivity index (χ4n) is 5.44. The number of alkyl halides is 1. The number of benzene rings is 3. The molecule has 0 saturated heterocycles. The van der Waals surface area contributed by atoms with Crippen molar-refractivity contribution in [1.82, 2.24) is 0 Å². The van der Waals surface area contributed by atoms with Crippen LogP contribution in [0.4, 0.5) is 17.1 Å². The van der Waals surface area contributed by atoms with Gasteiger partial charge in [-0.2, -0.15) is 0 Å². The van der Waals surface area contributed by atoms with Crippen LogP contribution in [0, 0.1) is 33.1 Å². The number of thioether (sulfide) groups is 1. The molecule has 11 heteroatoms. The smallest absolute Gasteiger partial charge is 0.282 e. The van der Waals surface area contributed by atoms with E-state index in [9.17, 15) is 20.2 Å². The summed E-state index contributed by atoms with van der Waals surface area (Å²) in [5.41, 5.74) is 2.98. The third-order valence-electron chi connectivity index (χ3n) is 6.99. The number of rotatable bonds is 5. The molecule has 1 aliphatic carbocycles. The summed E-state index contributed by atoms with van der Waals surface area (Å²) in [6.45, 7) is 1.90. The van der Waals surface area contributed by atoms with Crippen LogP contribution in [0.3, 0.4) is 0 Å². The molecular weight excluding hydrogens is 545 g/mol. The van der Waals surface area contributed by atoms with Gasteiger partial charge in [0, 0.05) is 39.0 Å². The first kappa shape index (κ1) is 25.1. The molecule has 1 fully saturated rings. The Kier molecular flexibility index (Phi) is 6.80. The van der Waals surface area contributed by atoms with E-state index in [-0.39, 0.29) is 39.4 Å². The number of nitro groups is 2. The van der Waals surface area contributed by atoms with Gasteiger partial charge in [0.25, 0.3) is 11.4 Å². The lowest BCUT2D eigenvalue weighted by Gasteiger charge is -2.39. The molecule has 7 nitrogen and oxygen atoms in total. The summed E-state index contributed by atoms with van der Waals surface area (Å²) in [6.07, 6.45) is 0.580. The molecule has 5 rings (SSSR count). The van der Waals surface area contributed by atoms with Gasteiger partial charge in [0.2, 0.25) is 0 Å². The van der Waals surface area contributed by atoms with E-state index >= 15 is 0 Å². The molecule has 5 atom stereocenters. The zero-order chi connectivity index (χ0) is 25.7. The van der Waals surface area contributed by atoms with Crippen molar-refractivity contribution < 1.29 is 9.85 Å². The Morgan fingerprint density at radius 1 is 1.00 bits per heavy atom. The first-order valence-corrected chi connectivity index (χ1v) is 13.3. The van der Waals surface area contributed by atoms with Crippen LogP contribution in [-0.2, 0) is 0 Å². The summed E-state index contributed by atoms with van der Waals surface area (Å²) < 4.78 is 0. The summed E-state index contributed by atoms with van der Waals surface area (Å²) in [7, 11) is 0. The number of aryl methyl sites for hydroxylation is 1. The van der Waals surface area contributed by atoms with Crippen LogP contribution in [0.5, 0.6) is 0 Å². The maximum atomic E-state index is 12.0. The van der Waals surface area contributed by atoms with Gasteiger partial charge in [0.1, 0.15) is 0 Å². The molecule has 0 radical (unpaired) electrons. The van der Waals surface area contributed by atoms with E-state index in [0.717, 1.165) is 11.1 Å². The summed E-state index contributed by atoms with van der Waals surface area (Å²) in [6, 6.07) is 14.8. The number of nitrogens with one attached hydrogen (secondary N) is 1. The zero-order valence-electron chi connectivity index (χ0n) is 18.9. The van der Waals surface area contributed by atoms with Crippen LogP contribution in [0.2, 0.25) is 10.0 Å². The minimum Gasteiger partial charge on any atom is -0.377 e. The van der Waals surface area contributed by atoms with Crippen molar-refractivity contribution in [2.45, 2.75) is 40.8 Å². The van der Waals surface area contributed by atoms with Gasteiger partial charge in [-0.25, -0.2) is 0 Å². The first-order chi connectivity index (χ1) is 17.2. The third-order valence-corrected chi connectivity index (χ3v) is 9.67. The summed E-state index contributed by atoms with van der Waals surface area (Å²) >= 11 is 21.2. The Balaban J connectivity index is 1.63. The van der Waals surface area contributed by atoms with Crippen LogP contribution < -0.4 is 5.32 Å².